The molecule has 1 nitrogen and oxygen atoms in total. The number of benzene rings is 1. The Morgan fingerprint density at radius 3 is 2.58 bits per heavy atom. The van der Waals surface area contributed by atoms with Crippen LogP contribution in [0.2, 0.25) is 0 Å². The van der Waals surface area contributed by atoms with Crippen LogP contribution in [0.1, 0.15) is 12.5 Å². The van der Waals surface area contributed by atoms with Crippen molar-refractivity contribution in [1.29, 1.82) is 0 Å². The highest BCUT2D eigenvalue weighted by Crippen LogP contribution is 2.05. The molecule has 0 amide bonds. The molecule has 0 aliphatic carbocycles. The van der Waals surface area contributed by atoms with E-state index in [2.05, 4.69) is 25.1 Å². The molecule has 12 heavy (non-hydrogen) atoms. The summed E-state index contributed by atoms with van der Waals surface area (Å²) in [5.41, 5.74) is 2.47. The third-order valence-corrected chi connectivity index (χ3v) is 1.58. The summed E-state index contributed by atoms with van der Waals surface area (Å²) in [6.45, 7) is 2.77. The molecule has 1 rings (SSSR count). The van der Waals surface area contributed by atoms with Crippen LogP contribution in [0.25, 0.3) is 6.08 Å². The Hall–Kier alpha value is -1.08. The maximum atomic E-state index is 5.01. The summed E-state index contributed by atoms with van der Waals surface area (Å²) in [6.07, 6.45) is 2.13. The molecule has 0 N–H and O–H groups in total. The molecular formula is C11H14O. The third kappa shape index (κ3) is 2.89. The Morgan fingerprint density at radius 2 is 2.00 bits per heavy atom. The lowest BCUT2D eigenvalue weighted by molar-refractivity contribution is 0.226. The van der Waals surface area contributed by atoms with Crippen molar-refractivity contribution >= 4 is 6.08 Å². The molecule has 0 aromatic heterocycles. The van der Waals surface area contributed by atoms with E-state index in [4.69, 9.17) is 4.74 Å². The maximum Gasteiger partial charge on any atom is 0.0673 e. The van der Waals surface area contributed by atoms with Crippen LogP contribution in [0.15, 0.2) is 35.9 Å². The van der Waals surface area contributed by atoms with Gasteiger partial charge in [-0.15, -0.1) is 0 Å². The van der Waals surface area contributed by atoms with Gasteiger partial charge in [0, 0.05) is 7.11 Å². The van der Waals surface area contributed by atoms with Gasteiger partial charge in [-0.1, -0.05) is 36.4 Å². The molecule has 0 radical (unpaired) electrons. The van der Waals surface area contributed by atoms with Crippen LogP contribution in [0, 0.1) is 0 Å². The molecule has 0 heterocycles. The van der Waals surface area contributed by atoms with Crippen LogP contribution in [0.5, 0.6) is 0 Å². The number of rotatable bonds is 3. The van der Waals surface area contributed by atoms with E-state index < -0.39 is 0 Å². The minimum Gasteiger partial charge on any atom is -0.380 e. The summed E-state index contributed by atoms with van der Waals surface area (Å²) >= 11 is 0. The van der Waals surface area contributed by atoms with E-state index in [1.165, 1.54) is 11.1 Å². The molecule has 0 aliphatic heterocycles. The van der Waals surface area contributed by atoms with Gasteiger partial charge in [0.05, 0.1) is 6.61 Å². The van der Waals surface area contributed by atoms with Crippen molar-refractivity contribution in [3.63, 3.8) is 0 Å². The topological polar surface area (TPSA) is 9.23 Å². The van der Waals surface area contributed by atoms with Crippen molar-refractivity contribution in [3.8, 4) is 0 Å². The number of ether oxygens (including phenoxy) is 1. The second-order valence-electron chi connectivity index (χ2n) is 2.83. The first-order chi connectivity index (χ1) is 5.83. The lowest BCUT2D eigenvalue weighted by atomic mass is 10.1. The molecule has 0 unspecified atom stereocenters. The Labute approximate surface area is 73.7 Å². The number of methoxy groups -OCH3 is 1. The first-order valence-corrected chi connectivity index (χ1v) is 4.04. The van der Waals surface area contributed by atoms with Gasteiger partial charge >= 0.3 is 0 Å². The SMILES string of the molecule is COCC(C)=Cc1ccccc1. The fourth-order valence-electron chi connectivity index (χ4n) is 1.10. The molecule has 0 atom stereocenters. The summed E-state index contributed by atoms with van der Waals surface area (Å²) in [6, 6.07) is 10.2. The minimum absolute atomic E-state index is 0.703. The predicted molar refractivity (Wildman–Crippen MR) is 52.0 cm³/mol. The zero-order chi connectivity index (χ0) is 8.81. The Morgan fingerprint density at radius 1 is 1.33 bits per heavy atom. The Bertz CT molecular complexity index is 249. The molecule has 0 saturated heterocycles. The van der Waals surface area contributed by atoms with Crippen molar-refractivity contribution in [2.75, 3.05) is 13.7 Å². The quantitative estimate of drug-likeness (QED) is 0.664. The lowest BCUT2D eigenvalue weighted by Crippen LogP contribution is -1.88. The minimum atomic E-state index is 0.703. The molecule has 1 aromatic rings. The fourth-order valence-corrected chi connectivity index (χ4v) is 1.10. The van der Waals surface area contributed by atoms with Gasteiger partial charge < -0.3 is 4.74 Å². The molecule has 0 fully saturated rings. The standard InChI is InChI=1S/C11H14O/c1-10(9-12-2)8-11-6-4-3-5-7-11/h3-8H,9H2,1-2H3. The lowest BCUT2D eigenvalue weighted by Gasteiger charge is -1.98. The summed E-state index contributed by atoms with van der Waals surface area (Å²) < 4.78 is 5.01. The average Bonchev–Trinajstić information content (AvgIpc) is 2.06. The van der Waals surface area contributed by atoms with Crippen LogP contribution in [-0.4, -0.2) is 13.7 Å². The Balaban J connectivity index is 2.67. The molecule has 1 aromatic carbocycles. The summed E-state index contributed by atoms with van der Waals surface area (Å²) in [5, 5.41) is 0. The highest BCUT2D eigenvalue weighted by molar-refractivity contribution is 5.52. The van der Waals surface area contributed by atoms with Crippen LogP contribution in [0.4, 0.5) is 0 Å². The van der Waals surface area contributed by atoms with E-state index in [1.54, 1.807) is 7.11 Å². The zero-order valence-electron chi connectivity index (χ0n) is 7.58. The zero-order valence-corrected chi connectivity index (χ0v) is 7.58. The molecule has 64 valence electrons. The van der Waals surface area contributed by atoms with Gasteiger partial charge in [0.15, 0.2) is 0 Å². The van der Waals surface area contributed by atoms with E-state index in [0.29, 0.717) is 6.61 Å². The van der Waals surface area contributed by atoms with Crippen molar-refractivity contribution in [2.45, 2.75) is 6.92 Å². The van der Waals surface area contributed by atoms with Crippen molar-refractivity contribution in [1.82, 2.24) is 0 Å². The monoisotopic (exact) mass is 162 g/mol. The van der Waals surface area contributed by atoms with Crippen molar-refractivity contribution < 1.29 is 4.74 Å². The first-order valence-electron chi connectivity index (χ1n) is 4.04. The second kappa shape index (κ2) is 4.73. The van der Waals surface area contributed by atoms with Gasteiger partial charge in [-0.2, -0.15) is 0 Å². The van der Waals surface area contributed by atoms with E-state index in [0.717, 1.165) is 0 Å². The highest BCUT2D eigenvalue weighted by Gasteiger charge is 1.88. The number of hydrogen-bond donors (Lipinski definition) is 0. The van der Waals surface area contributed by atoms with Crippen LogP contribution < -0.4 is 0 Å². The Kier molecular flexibility index (Phi) is 3.55. The van der Waals surface area contributed by atoms with Gasteiger partial charge in [0.2, 0.25) is 0 Å². The van der Waals surface area contributed by atoms with E-state index in [-0.39, 0.29) is 0 Å². The highest BCUT2D eigenvalue weighted by atomic mass is 16.5. The van der Waals surface area contributed by atoms with E-state index in [1.807, 2.05) is 18.2 Å². The first kappa shape index (κ1) is 9.01. The van der Waals surface area contributed by atoms with Gasteiger partial charge in [-0.05, 0) is 18.1 Å². The molecule has 0 spiro atoms. The van der Waals surface area contributed by atoms with Gasteiger partial charge in [0.25, 0.3) is 0 Å². The second-order valence-corrected chi connectivity index (χ2v) is 2.83. The fraction of sp³-hybridized carbons (Fsp3) is 0.273. The van der Waals surface area contributed by atoms with Gasteiger partial charge in [-0.25, -0.2) is 0 Å². The summed E-state index contributed by atoms with van der Waals surface area (Å²) in [7, 11) is 1.71. The normalized spacial score (nSPS) is 11.7. The third-order valence-electron chi connectivity index (χ3n) is 1.58. The van der Waals surface area contributed by atoms with Crippen LogP contribution >= 0.6 is 0 Å². The van der Waals surface area contributed by atoms with Crippen LogP contribution in [0.3, 0.4) is 0 Å². The van der Waals surface area contributed by atoms with E-state index >= 15 is 0 Å². The van der Waals surface area contributed by atoms with Crippen LogP contribution in [-0.2, 0) is 4.74 Å². The summed E-state index contributed by atoms with van der Waals surface area (Å²) in [5.74, 6) is 0. The molecular weight excluding hydrogens is 148 g/mol. The van der Waals surface area contributed by atoms with Crippen molar-refractivity contribution in [2.24, 2.45) is 0 Å². The van der Waals surface area contributed by atoms with Gasteiger partial charge in [0.1, 0.15) is 0 Å². The molecule has 0 aliphatic rings. The number of hydrogen-bond acceptors (Lipinski definition) is 1. The maximum absolute atomic E-state index is 5.01. The van der Waals surface area contributed by atoms with Crippen molar-refractivity contribution in [3.05, 3.63) is 41.5 Å². The smallest absolute Gasteiger partial charge is 0.0673 e. The molecule has 1 heteroatoms. The summed E-state index contributed by atoms with van der Waals surface area (Å²) in [4.78, 5) is 0. The van der Waals surface area contributed by atoms with E-state index in [9.17, 15) is 0 Å². The van der Waals surface area contributed by atoms with Gasteiger partial charge in [-0.3, -0.25) is 0 Å². The predicted octanol–water partition coefficient (Wildman–Crippen LogP) is 2.74. The largest absolute Gasteiger partial charge is 0.380 e. The molecule has 0 saturated carbocycles. The molecule has 0 bridgehead atoms. The average molecular weight is 162 g/mol.